The molecule has 0 fully saturated rings. The van der Waals surface area contributed by atoms with Crippen LogP contribution in [0, 0.1) is 12.7 Å². The first-order chi connectivity index (χ1) is 8.88. The van der Waals surface area contributed by atoms with Crippen molar-refractivity contribution < 1.29 is 12.8 Å². The summed E-state index contributed by atoms with van der Waals surface area (Å²) in [5.41, 5.74) is 0.413. The summed E-state index contributed by atoms with van der Waals surface area (Å²) in [7, 11) is -3.96. The van der Waals surface area contributed by atoms with Gasteiger partial charge in [0.2, 0.25) is 5.95 Å². The van der Waals surface area contributed by atoms with Crippen molar-refractivity contribution in [2.45, 2.75) is 11.8 Å². The third-order valence-corrected chi connectivity index (χ3v) is 3.97. The zero-order chi connectivity index (χ0) is 14.0. The van der Waals surface area contributed by atoms with Gasteiger partial charge in [0.05, 0.1) is 4.90 Å². The largest absolute Gasteiger partial charge is 0.264 e. The second-order valence-electron chi connectivity index (χ2n) is 3.72. The second kappa shape index (κ2) is 5.10. The normalized spacial score (nSPS) is 11.3. The van der Waals surface area contributed by atoms with E-state index in [9.17, 15) is 12.8 Å². The number of sulfonamides is 1. The van der Waals surface area contributed by atoms with E-state index in [0.29, 0.717) is 5.56 Å². The number of hydrogen-bond acceptors (Lipinski definition) is 4. The van der Waals surface area contributed by atoms with Gasteiger partial charge in [-0.05, 0) is 30.7 Å². The van der Waals surface area contributed by atoms with E-state index >= 15 is 0 Å². The van der Waals surface area contributed by atoms with Crippen molar-refractivity contribution in [3.8, 4) is 0 Å². The van der Waals surface area contributed by atoms with Gasteiger partial charge in [0, 0.05) is 6.20 Å². The first-order valence-corrected chi connectivity index (χ1v) is 7.02. The first kappa shape index (κ1) is 13.7. The maximum absolute atomic E-state index is 13.1. The molecule has 1 aromatic carbocycles. The van der Waals surface area contributed by atoms with E-state index in [1.165, 1.54) is 24.4 Å². The second-order valence-corrected chi connectivity index (χ2v) is 5.76. The predicted octanol–water partition coefficient (Wildman–Crippen LogP) is 2.38. The number of rotatable bonds is 3. The van der Waals surface area contributed by atoms with Crippen molar-refractivity contribution in [2.24, 2.45) is 0 Å². The topological polar surface area (TPSA) is 72.0 Å². The van der Waals surface area contributed by atoms with Crippen LogP contribution in [0.15, 0.2) is 35.4 Å². The molecule has 8 heteroatoms. The van der Waals surface area contributed by atoms with Crippen LogP contribution in [0.3, 0.4) is 0 Å². The minimum atomic E-state index is -3.96. The molecule has 0 radical (unpaired) electrons. The molecule has 0 atom stereocenters. The van der Waals surface area contributed by atoms with Gasteiger partial charge >= 0.3 is 0 Å². The zero-order valence-electron chi connectivity index (χ0n) is 9.76. The highest BCUT2D eigenvalue weighted by molar-refractivity contribution is 7.92. The molecule has 0 aliphatic carbocycles. The van der Waals surface area contributed by atoms with Gasteiger partial charge in [-0.3, -0.25) is 0 Å². The van der Waals surface area contributed by atoms with Gasteiger partial charge in [-0.1, -0.05) is 17.7 Å². The molecule has 1 heterocycles. The number of nitrogens with zero attached hydrogens (tertiary/aromatic N) is 2. The van der Waals surface area contributed by atoms with E-state index in [4.69, 9.17) is 11.6 Å². The van der Waals surface area contributed by atoms with Gasteiger partial charge in [-0.2, -0.15) is 0 Å². The predicted molar refractivity (Wildman–Crippen MR) is 69.0 cm³/mol. The van der Waals surface area contributed by atoms with E-state index in [1.807, 2.05) is 0 Å². The molecule has 0 aliphatic heterocycles. The Hall–Kier alpha value is -1.73. The van der Waals surface area contributed by atoms with Gasteiger partial charge in [-0.25, -0.2) is 27.5 Å². The third-order valence-electron chi connectivity index (χ3n) is 2.29. The van der Waals surface area contributed by atoms with Crippen LogP contribution in [0.4, 0.5) is 10.3 Å². The van der Waals surface area contributed by atoms with Crippen LogP contribution >= 0.6 is 11.6 Å². The molecule has 0 amide bonds. The average Bonchev–Trinajstić information content (AvgIpc) is 2.31. The quantitative estimate of drug-likeness (QED) is 0.884. The summed E-state index contributed by atoms with van der Waals surface area (Å²) in [6.45, 7) is 1.56. The average molecular weight is 302 g/mol. The molecule has 0 saturated carbocycles. The molecule has 0 saturated heterocycles. The van der Waals surface area contributed by atoms with E-state index in [2.05, 4.69) is 14.7 Å². The number of halogens is 2. The summed E-state index contributed by atoms with van der Waals surface area (Å²) in [5, 5.41) is 0.101. The van der Waals surface area contributed by atoms with Crippen molar-refractivity contribution in [3.63, 3.8) is 0 Å². The maximum atomic E-state index is 13.1. The van der Waals surface area contributed by atoms with Crippen molar-refractivity contribution in [1.82, 2.24) is 9.97 Å². The van der Waals surface area contributed by atoms with E-state index in [0.717, 1.165) is 6.07 Å². The van der Waals surface area contributed by atoms with Gasteiger partial charge in [0.25, 0.3) is 10.0 Å². The fraction of sp³-hybridized carbons (Fsp3) is 0.0909. The highest BCUT2D eigenvalue weighted by Gasteiger charge is 2.19. The SMILES string of the molecule is Cc1ccc(F)cc1S(=O)(=O)Nc1nccc(Cl)n1. The molecule has 1 N–H and O–H groups in total. The molecule has 5 nitrogen and oxygen atoms in total. The molecule has 2 aromatic rings. The van der Waals surface area contributed by atoms with Gasteiger partial charge in [-0.15, -0.1) is 0 Å². The van der Waals surface area contributed by atoms with E-state index in [-0.39, 0.29) is 16.0 Å². The molecule has 100 valence electrons. The minimum Gasteiger partial charge on any atom is -0.247 e. The van der Waals surface area contributed by atoms with Crippen molar-refractivity contribution >= 4 is 27.6 Å². The van der Waals surface area contributed by atoms with Crippen LogP contribution in [0.2, 0.25) is 5.15 Å². The molecule has 0 bridgehead atoms. The number of hydrogen-bond donors (Lipinski definition) is 1. The Morgan fingerprint density at radius 2 is 2.05 bits per heavy atom. The Morgan fingerprint density at radius 3 is 2.74 bits per heavy atom. The molecule has 2 rings (SSSR count). The lowest BCUT2D eigenvalue weighted by Gasteiger charge is -2.09. The Bertz CT molecular complexity index is 722. The van der Waals surface area contributed by atoms with Gasteiger partial charge in [0.1, 0.15) is 11.0 Å². The summed E-state index contributed by atoms with van der Waals surface area (Å²) in [6.07, 6.45) is 1.31. The van der Waals surface area contributed by atoms with Crippen LogP contribution < -0.4 is 4.72 Å². The smallest absolute Gasteiger partial charge is 0.247 e. The summed E-state index contributed by atoms with van der Waals surface area (Å²) < 4.78 is 39.4. The van der Waals surface area contributed by atoms with Crippen molar-refractivity contribution in [3.05, 3.63) is 47.0 Å². The van der Waals surface area contributed by atoms with Crippen LogP contribution in [0.25, 0.3) is 0 Å². The molecule has 0 spiro atoms. The van der Waals surface area contributed by atoms with Crippen LogP contribution in [0.1, 0.15) is 5.56 Å². The number of anilines is 1. The highest BCUT2D eigenvalue weighted by atomic mass is 35.5. The lowest BCUT2D eigenvalue weighted by Crippen LogP contribution is -2.16. The summed E-state index contributed by atoms with van der Waals surface area (Å²) in [4.78, 5) is 7.26. The molecule has 0 unspecified atom stereocenters. The molecular weight excluding hydrogens is 293 g/mol. The Morgan fingerprint density at radius 1 is 1.32 bits per heavy atom. The first-order valence-electron chi connectivity index (χ1n) is 5.16. The zero-order valence-corrected chi connectivity index (χ0v) is 11.3. The fourth-order valence-electron chi connectivity index (χ4n) is 1.42. The molecule has 1 aromatic heterocycles. The number of nitrogens with one attached hydrogen (secondary N) is 1. The third kappa shape index (κ3) is 3.18. The molecule has 19 heavy (non-hydrogen) atoms. The fourth-order valence-corrected chi connectivity index (χ4v) is 2.77. The summed E-state index contributed by atoms with van der Waals surface area (Å²) >= 11 is 5.63. The monoisotopic (exact) mass is 301 g/mol. The van der Waals surface area contributed by atoms with Crippen LogP contribution in [0.5, 0.6) is 0 Å². The van der Waals surface area contributed by atoms with Crippen molar-refractivity contribution in [1.29, 1.82) is 0 Å². The number of aryl methyl sites for hydroxylation is 1. The maximum Gasteiger partial charge on any atom is 0.264 e. The highest BCUT2D eigenvalue weighted by Crippen LogP contribution is 2.19. The molecule has 0 aliphatic rings. The van der Waals surface area contributed by atoms with E-state index in [1.54, 1.807) is 6.92 Å². The van der Waals surface area contributed by atoms with Gasteiger partial charge < -0.3 is 0 Å². The number of benzene rings is 1. The minimum absolute atomic E-state index is 0.101. The Balaban J connectivity index is 2.40. The van der Waals surface area contributed by atoms with Crippen LogP contribution in [-0.4, -0.2) is 18.4 Å². The standard InChI is InChI=1S/C11H9ClFN3O2S/c1-7-2-3-8(13)6-9(7)19(17,18)16-11-14-5-4-10(12)15-11/h2-6H,1H3,(H,14,15,16). The number of aromatic nitrogens is 2. The summed E-state index contributed by atoms with van der Waals surface area (Å²) in [5.74, 6) is -0.811. The Kier molecular flexibility index (Phi) is 3.68. The van der Waals surface area contributed by atoms with E-state index < -0.39 is 15.8 Å². The van der Waals surface area contributed by atoms with Crippen LogP contribution in [-0.2, 0) is 10.0 Å². The van der Waals surface area contributed by atoms with Crippen molar-refractivity contribution in [2.75, 3.05) is 4.72 Å². The molecular formula is C11H9ClFN3O2S. The lowest BCUT2D eigenvalue weighted by molar-refractivity contribution is 0.594. The van der Waals surface area contributed by atoms with Gasteiger partial charge in [0.15, 0.2) is 0 Å². The lowest BCUT2D eigenvalue weighted by atomic mass is 10.2. The Labute approximate surface area is 114 Å². The summed E-state index contributed by atoms with van der Waals surface area (Å²) in [6, 6.07) is 4.90.